The van der Waals surface area contributed by atoms with Gasteiger partial charge in [0, 0.05) is 44.8 Å². The quantitative estimate of drug-likeness (QED) is 0.861. The van der Waals surface area contributed by atoms with Crippen molar-refractivity contribution in [3.8, 4) is 0 Å². The summed E-state index contributed by atoms with van der Waals surface area (Å²) >= 11 is 0. The molecule has 7 nitrogen and oxygen atoms in total. The molecule has 1 aliphatic heterocycles. The summed E-state index contributed by atoms with van der Waals surface area (Å²) < 4.78 is 27.0. The van der Waals surface area contributed by atoms with Crippen molar-refractivity contribution in [2.75, 3.05) is 39.8 Å². The third-order valence-corrected chi connectivity index (χ3v) is 6.16. The van der Waals surface area contributed by atoms with E-state index in [9.17, 15) is 13.2 Å². The Morgan fingerprint density at radius 2 is 2.04 bits per heavy atom. The van der Waals surface area contributed by atoms with E-state index in [2.05, 4.69) is 10.3 Å². The van der Waals surface area contributed by atoms with E-state index in [1.165, 1.54) is 13.1 Å². The summed E-state index contributed by atoms with van der Waals surface area (Å²) in [5, 5.41) is 3.94. The molecule has 1 aliphatic rings. The number of nitrogens with zero attached hydrogens (tertiary/aromatic N) is 3. The SMILES string of the molecule is Cc1cnc2c(S(=O)(=O)N(C)CC(=O)N3CCNCC3)cccc2c1. The maximum atomic E-state index is 13.0. The van der Waals surface area contributed by atoms with Crippen molar-refractivity contribution in [3.05, 3.63) is 36.0 Å². The van der Waals surface area contributed by atoms with E-state index < -0.39 is 10.0 Å². The van der Waals surface area contributed by atoms with Gasteiger partial charge in [0.05, 0.1) is 12.1 Å². The molecule has 0 radical (unpaired) electrons. The summed E-state index contributed by atoms with van der Waals surface area (Å²) in [7, 11) is -2.37. The number of hydrogen-bond donors (Lipinski definition) is 1. The second-order valence-corrected chi connectivity index (χ2v) is 8.25. The highest BCUT2D eigenvalue weighted by Gasteiger charge is 2.27. The van der Waals surface area contributed by atoms with Crippen LogP contribution in [-0.2, 0) is 14.8 Å². The molecule has 25 heavy (non-hydrogen) atoms. The lowest BCUT2D eigenvalue weighted by Gasteiger charge is -2.29. The first-order chi connectivity index (χ1) is 11.9. The van der Waals surface area contributed by atoms with Crippen LogP contribution in [0.15, 0.2) is 35.4 Å². The smallest absolute Gasteiger partial charge is 0.245 e. The van der Waals surface area contributed by atoms with E-state index in [1.807, 2.05) is 19.1 Å². The van der Waals surface area contributed by atoms with Gasteiger partial charge in [-0.3, -0.25) is 9.78 Å². The normalized spacial score (nSPS) is 15.7. The number of likely N-dealkylation sites (N-methyl/N-ethyl adjacent to an activating group) is 1. The first-order valence-corrected chi connectivity index (χ1v) is 9.64. The molecule has 0 saturated carbocycles. The van der Waals surface area contributed by atoms with Crippen LogP contribution in [0, 0.1) is 6.92 Å². The molecule has 1 N–H and O–H groups in total. The Hall–Kier alpha value is -2.03. The summed E-state index contributed by atoms with van der Waals surface area (Å²) in [6.45, 7) is 4.39. The van der Waals surface area contributed by atoms with Crippen molar-refractivity contribution in [2.24, 2.45) is 0 Å². The number of benzene rings is 1. The van der Waals surface area contributed by atoms with Gasteiger partial charge in [-0.2, -0.15) is 4.31 Å². The van der Waals surface area contributed by atoms with Gasteiger partial charge in [-0.25, -0.2) is 8.42 Å². The lowest BCUT2D eigenvalue weighted by molar-refractivity contribution is -0.131. The Kier molecular flexibility index (Phi) is 5.03. The molecule has 2 aromatic rings. The molecule has 134 valence electrons. The fourth-order valence-electron chi connectivity index (χ4n) is 2.91. The van der Waals surface area contributed by atoms with Gasteiger partial charge in [0.1, 0.15) is 4.90 Å². The molecule has 0 aliphatic carbocycles. The van der Waals surface area contributed by atoms with Crippen molar-refractivity contribution in [1.82, 2.24) is 19.5 Å². The Bertz CT molecular complexity index is 892. The molecule has 1 amide bonds. The van der Waals surface area contributed by atoms with Gasteiger partial charge in [-0.1, -0.05) is 12.1 Å². The van der Waals surface area contributed by atoms with Gasteiger partial charge in [0.25, 0.3) is 0 Å². The van der Waals surface area contributed by atoms with Crippen molar-refractivity contribution in [2.45, 2.75) is 11.8 Å². The third-order valence-electron chi connectivity index (χ3n) is 4.33. The molecule has 0 atom stereocenters. The number of amides is 1. The van der Waals surface area contributed by atoms with Gasteiger partial charge in [0.15, 0.2) is 0 Å². The average Bonchev–Trinajstić information content (AvgIpc) is 2.61. The number of nitrogens with one attached hydrogen (secondary N) is 1. The highest BCUT2D eigenvalue weighted by atomic mass is 32.2. The number of sulfonamides is 1. The van der Waals surface area contributed by atoms with Gasteiger partial charge >= 0.3 is 0 Å². The zero-order chi connectivity index (χ0) is 18.0. The fraction of sp³-hybridized carbons (Fsp3) is 0.412. The average molecular weight is 362 g/mol. The number of fused-ring (bicyclic) bond motifs is 1. The maximum absolute atomic E-state index is 13.0. The minimum absolute atomic E-state index is 0.126. The molecule has 1 saturated heterocycles. The van der Waals surface area contributed by atoms with E-state index in [4.69, 9.17) is 0 Å². The number of pyridine rings is 1. The summed E-state index contributed by atoms with van der Waals surface area (Å²) in [6.07, 6.45) is 1.65. The molecule has 0 bridgehead atoms. The number of aryl methyl sites for hydroxylation is 1. The van der Waals surface area contributed by atoms with E-state index in [-0.39, 0.29) is 17.3 Å². The number of hydrogen-bond acceptors (Lipinski definition) is 5. The number of para-hydroxylation sites is 1. The maximum Gasteiger partial charge on any atom is 0.245 e. The van der Waals surface area contributed by atoms with Crippen LogP contribution < -0.4 is 5.32 Å². The first kappa shape index (κ1) is 17.8. The van der Waals surface area contributed by atoms with E-state index >= 15 is 0 Å². The summed E-state index contributed by atoms with van der Waals surface area (Å²) in [4.78, 5) is 18.5. The first-order valence-electron chi connectivity index (χ1n) is 8.20. The largest absolute Gasteiger partial charge is 0.339 e. The Balaban J connectivity index is 1.87. The molecular formula is C17H22N4O3S. The zero-order valence-electron chi connectivity index (χ0n) is 14.4. The molecule has 1 fully saturated rings. The lowest BCUT2D eigenvalue weighted by atomic mass is 10.2. The molecule has 8 heteroatoms. The molecule has 0 spiro atoms. The van der Waals surface area contributed by atoms with E-state index in [1.54, 1.807) is 17.2 Å². The molecule has 0 unspecified atom stereocenters. The Morgan fingerprint density at radius 3 is 2.76 bits per heavy atom. The van der Waals surface area contributed by atoms with Crippen LogP contribution in [0.1, 0.15) is 5.56 Å². The fourth-order valence-corrected chi connectivity index (χ4v) is 4.19. The predicted octanol–water partition coefficient (Wildman–Crippen LogP) is 0.596. The summed E-state index contributed by atoms with van der Waals surface area (Å²) in [5.41, 5.74) is 1.39. The second-order valence-electron chi connectivity index (χ2n) is 6.23. The molecule has 1 aromatic heterocycles. The van der Waals surface area contributed by atoms with Crippen molar-refractivity contribution < 1.29 is 13.2 Å². The summed E-state index contributed by atoms with van der Waals surface area (Å²) in [6, 6.07) is 6.96. The number of carbonyl (C=O) groups excluding carboxylic acids is 1. The number of piperazine rings is 1. The highest BCUT2D eigenvalue weighted by Crippen LogP contribution is 2.24. The van der Waals surface area contributed by atoms with E-state index in [0.717, 1.165) is 28.3 Å². The second kappa shape index (κ2) is 7.07. The van der Waals surface area contributed by atoms with Crippen LogP contribution >= 0.6 is 0 Å². The topological polar surface area (TPSA) is 82.6 Å². The number of carbonyl (C=O) groups is 1. The highest BCUT2D eigenvalue weighted by molar-refractivity contribution is 7.89. The summed E-state index contributed by atoms with van der Waals surface area (Å²) in [5.74, 6) is -0.184. The minimum atomic E-state index is -3.80. The molecular weight excluding hydrogens is 340 g/mol. The zero-order valence-corrected chi connectivity index (χ0v) is 15.2. The van der Waals surface area contributed by atoms with Crippen LogP contribution in [0.4, 0.5) is 0 Å². The van der Waals surface area contributed by atoms with Crippen LogP contribution in [0.5, 0.6) is 0 Å². The standard InChI is InChI=1S/C17H22N4O3S/c1-13-10-14-4-3-5-15(17(14)19-11-13)25(23,24)20(2)12-16(22)21-8-6-18-7-9-21/h3-5,10-11,18H,6-9,12H2,1-2H3. The molecule has 1 aromatic carbocycles. The predicted molar refractivity (Wildman–Crippen MR) is 95.7 cm³/mol. The van der Waals surface area contributed by atoms with Crippen LogP contribution in [-0.4, -0.2) is 68.3 Å². The molecule has 3 rings (SSSR count). The van der Waals surface area contributed by atoms with E-state index in [0.29, 0.717) is 18.6 Å². The van der Waals surface area contributed by atoms with Crippen molar-refractivity contribution >= 4 is 26.8 Å². The van der Waals surface area contributed by atoms with Gasteiger partial charge in [0.2, 0.25) is 15.9 Å². The van der Waals surface area contributed by atoms with Crippen LogP contribution in [0.2, 0.25) is 0 Å². The Morgan fingerprint density at radius 1 is 1.32 bits per heavy atom. The van der Waals surface area contributed by atoms with Gasteiger partial charge in [-0.05, 0) is 24.6 Å². The Labute approximate surface area is 147 Å². The minimum Gasteiger partial charge on any atom is -0.339 e. The lowest BCUT2D eigenvalue weighted by Crippen LogP contribution is -2.49. The molecule has 2 heterocycles. The van der Waals surface area contributed by atoms with Crippen LogP contribution in [0.3, 0.4) is 0 Å². The van der Waals surface area contributed by atoms with Crippen LogP contribution in [0.25, 0.3) is 10.9 Å². The van der Waals surface area contributed by atoms with Crippen molar-refractivity contribution in [1.29, 1.82) is 0 Å². The monoisotopic (exact) mass is 362 g/mol. The number of aromatic nitrogens is 1. The third kappa shape index (κ3) is 3.65. The van der Waals surface area contributed by atoms with Crippen molar-refractivity contribution in [3.63, 3.8) is 0 Å². The number of rotatable bonds is 4. The van der Waals surface area contributed by atoms with Gasteiger partial charge < -0.3 is 10.2 Å². The van der Waals surface area contributed by atoms with Gasteiger partial charge in [-0.15, -0.1) is 0 Å².